The Morgan fingerprint density at radius 2 is 1.97 bits per heavy atom. The molecule has 0 spiro atoms. The van der Waals surface area contributed by atoms with Crippen molar-refractivity contribution in [1.29, 1.82) is 0 Å². The number of halogens is 2. The van der Waals surface area contributed by atoms with Crippen LogP contribution in [0.15, 0.2) is 42.7 Å². The molecular weight excluding hydrogens is 490 g/mol. The first-order valence-electron chi connectivity index (χ1n) is 13.8. The van der Waals surface area contributed by atoms with Gasteiger partial charge in [0.25, 0.3) is 0 Å². The number of aryl methyl sites for hydroxylation is 2. The van der Waals surface area contributed by atoms with Gasteiger partial charge in [-0.15, -0.1) is 5.10 Å². The van der Waals surface area contributed by atoms with Gasteiger partial charge in [0.15, 0.2) is 5.78 Å². The zero-order valence-corrected chi connectivity index (χ0v) is 20.8. The number of Topliss-reactive ketones (excluding diaryl/α,β-unsaturated/α-hetero) is 1. The summed E-state index contributed by atoms with van der Waals surface area (Å²) in [5.74, 6) is -1.52. The lowest BCUT2D eigenvalue weighted by Crippen LogP contribution is -2.28. The Morgan fingerprint density at radius 1 is 1.16 bits per heavy atom. The minimum Gasteiger partial charge on any atom is -0.381 e. The van der Waals surface area contributed by atoms with Gasteiger partial charge < -0.3 is 9.30 Å². The smallest absolute Gasteiger partial charge is 0.161 e. The molecule has 5 aromatic rings. The van der Waals surface area contributed by atoms with E-state index >= 15 is 8.78 Å². The van der Waals surface area contributed by atoms with Crippen LogP contribution in [0.2, 0.25) is 0 Å². The van der Waals surface area contributed by atoms with E-state index in [4.69, 9.17) is 8.85 Å². The first-order chi connectivity index (χ1) is 19.6. The molecule has 10 heteroatoms. The summed E-state index contributed by atoms with van der Waals surface area (Å²) in [5.41, 5.74) is 1.58. The van der Waals surface area contributed by atoms with Crippen molar-refractivity contribution in [2.45, 2.75) is 32.7 Å². The van der Waals surface area contributed by atoms with Crippen molar-refractivity contribution >= 4 is 27.7 Å². The Labute approximate surface area is 221 Å². The van der Waals surface area contributed by atoms with Crippen molar-refractivity contribution in [3.8, 4) is 11.3 Å². The molecule has 1 aliphatic heterocycles. The van der Waals surface area contributed by atoms with Crippen molar-refractivity contribution in [3.05, 3.63) is 71.3 Å². The zero-order valence-electron chi connectivity index (χ0n) is 23.8. The van der Waals surface area contributed by atoms with Crippen molar-refractivity contribution in [3.63, 3.8) is 0 Å². The first-order valence-corrected chi connectivity index (χ1v) is 12.3. The number of ether oxygens (including phenoxy) is 1. The lowest BCUT2D eigenvalue weighted by atomic mass is 9.88. The Morgan fingerprint density at radius 3 is 2.71 bits per heavy atom. The molecule has 0 N–H and O–H groups in total. The van der Waals surface area contributed by atoms with E-state index in [-0.39, 0.29) is 34.3 Å². The topological polar surface area (TPSA) is 87.7 Å². The predicted molar refractivity (Wildman–Crippen MR) is 138 cm³/mol. The van der Waals surface area contributed by atoms with Gasteiger partial charge in [-0.05, 0) is 62.9 Å². The molecule has 1 fully saturated rings. The summed E-state index contributed by atoms with van der Waals surface area (Å²) < 4.78 is 63.8. The molecule has 1 aliphatic rings. The van der Waals surface area contributed by atoms with Crippen LogP contribution in [-0.2, 0) is 11.8 Å². The third-order valence-electron chi connectivity index (χ3n) is 7.27. The minimum atomic E-state index is -2.64. The highest BCUT2D eigenvalue weighted by molar-refractivity contribution is 6.09. The van der Waals surface area contributed by atoms with Gasteiger partial charge in [0, 0.05) is 53.3 Å². The molecule has 0 amide bonds. The molecule has 6 rings (SSSR count). The maximum absolute atomic E-state index is 15.9. The summed E-state index contributed by atoms with van der Waals surface area (Å²) in [6.45, 7) is -0.260. The summed E-state index contributed by atoms with van der Waals surface area (Å²) in [5, 5.41) is 8.08. The van der Waals surface area contributed by atoms with Gasteiger partial charge in [-0.3, -0.25) is 14.8 Å². The largest absolute Gasteiger partial charge is 0.381 e. The Hall–Kier alpha value is -4.05. The standard InChI is InChI=1S/C28H26F2N6O2/c1-15-27(35(3)34-33-15)19-13-23-20(12-22(19)30)25-24(11-18(14-32-25)16(2)37)36(23)28(17-6-9-38-10-7-17)26-21(29)5-4-8-31-26/h4-5,8,11-14,17,28H,6-7,9-10H2,1-3H3/i1D3. The fourth-order valence-corrected chi connectivity index (χ4v) is 5.46. The van der Waals surface area contributed by atoms with Gasteiger partial charge in [0.1, 0.15) is 11.6 Å². The van der Waals surface area contributed by atoms with Gasteiger partial charge in [-0.25, -0.2) is 13.5 Å². The van der Waals surface area contributed by atoms with Gasteiger partial charge >= 0.3 is 0 Å². The van der Waals surface area contributed by atoms with E-state index in [1.165, 1.54) is 55.3 Å². The summed E-state index contributed by atoms with van der Waals surface area (Å²) in [4.78, 5) is 21.3. The van der Waals surface area contributed by atoms with E-state index in [1.54, 1.807) is 6.07 Å². The van der Waals surface area contributed by atoms with E-state index in [0.717, 1.165) is 0 Å². The number of hydrogen-bond acceptors (Lipinski definition) is 6. The maximum Gasteiger partial charge on any atom is 0.161 e. The quantitative estimate of drug-likeness (QED) is 0.297. The first kappa shape index (κ1) is 20.9. The lowest BCUT2D eigenvalue weighted by Gasteiger charge is -2.32. The second-order valence-corrected chi connectivity index (χ2v) is 9.54. The Kier molecular flexibility index (Phi) is 5.16. The van der Waals surface area contributed by atoms with E-state index in [9.17, 15) is 4.79 Å². The second-order valence-electron chi connectivity index (χ2n) is 9.54. The number of nitrogens with zero attached hydrogens (tertiary/aromatic N) is 6. The average molecular weight is 520 g/mol. The molecule has 8 nitrogen and oxygen atoms in total. The molecular formula is C28H26F2N6O2. The van der Waals surface area contributed by atoms with Crippen molar-refractivity contribution < 1.29 is 22.4 Å². The maximum atomic E-state index is 15.9. The average Bonchev–Trinajstić information content (AvgIpc) is 3.47. The van der Waals surface area contributed by atoms with E-state index in [2.05, 4.69) is 20.3 Å². The van der Waals surface area contributed by atoms with Crippen LogP contribution in [0, 0.1) is 24.4 Å². The molecule has 1 saturated heterocycles. The normalized spacial score (nSPS) is 16.9. The molecule has 1 unspecified atom stereocenters. The van der Waals surface area contributed by atoms with E-state index in [1.807, 2.05) is 4.57 Å². The highest BCUT2D eigenvalue weighted by Gasteiger charge is 2.33. The molecule has 5 heterocycles. The van der Waals surface area contributed by atoms with Gasteiger partial charge in [-0.2, -0.15) is 0 Å². The van der Waals surface area contributed by atoms with Crippen LogP contribution in [0.5, 0.6) is 0 Å². The lowest BCUT2D eigenvalue weighted by molar-refractivity contribution is 0.0543. The number of pyridine rings is 2. The van der Waals surface area contributed by atoms with Gasteiger partial charge in [0.05, 0.1) is 39.7 Å². The molecule has 1 aromatic carbocycles. The number of hydrogen-bond donors (Lipinski definition) is 0. The molecule has 38 heavy (non-hydrogen) atoms. The summed E-state index contributed by atoms with van der Waals surface area (Å²) in [6, 6.07) is 6.69. The molecule has 0 bridgehead atoms. The molecule has 0 saturated carbocycles. The second kappa shape index (κ2) is 9.36. The SMILES string of the molecule is [2H]C([2H])([2H])c1nnn(C)c1-c1cc2c(cc1F)c1ncc(C(C)=O)cc1n2C(c1ncccc1F)C1CCOCC1. The number of aromatic nitrogens is 6. The summed E-state index contributed by atoms with van der Waals surface area (Å²) in [6.07, 6.45) is 4.19. The van der Waals surface area contributed by atoms with Crippen LogP contribution in [-0.4, -0.2) is 48.5 Å². The van der Waals surface area contributed by atoms with Gasteiger partial charge in [-0.1, -0.05) is 5.21 Å². The molecule has 194 valence electrons. The Balaban J connectivity index is 1.73. The zero-order chi connectivity index (χ0) is 29.1. The highest BCUT2D eigenvalue weighted by atomic mass is 19.1. The molecule has 0 radical (unpaired) electrons. The predicted octanol–water partition coefficient (Wildman–Crippen LogP) is 5.19. The molecule has 4 aromatic heterocycles. The Bertz CT molecular complexity index is 1810. The third kappa shape index (κ3) is 3.87. The minimum absolute atomic E-state index is 0.00484. The fourth-order valence-electron chi connectivity index (χ4n) is 5.46. The van der Waals surface area contributed by atoms with Crippen LogP contribution in [0.25, 0.3) is 33.2 Å². The summed E-state index contributed by atoms with van der Waals surface area (Å²) >= 11 is 0. The number of carbonyl (C=O) groups excluding carboxylic acids is 1. The highest BCUT2D eigenvalue weighted by Crippen LogP contribution is 2.42. The molecule has 1 atom stereocenters. The van der Waals surface area contributed by atoms with Crippen molar-refractivity contribution in [2.75, 3.05) is 13.2 Å². The number of rotatable bonds is 5. The summed E-state index contributed by atoms with van der Waals surface area (Å²) in [7, 11) is 1.49. The monoisotopic (exact) mass is 519 g/mol. The van der Waals surface area contributed by atoms with Gasteiger partial charge in [0.2, 0.25) is 0 Å². The van der Waals surface area contributed by atoms with Crippen LogP contribution in [0.1, 0.15) is 51.7 Å². The number of carbonyl (C=O) groups is 1. The van der Waals surface area contributed by atoms with Crippen LogP contribution in [0.4, 0.5) is 8.78 Å². The number of ketones is 1. The molecule has 0 aliphatic carbocycles. The number of benzene rings is 1. The fraction of sp³-hybridized carbons (Fsp3) is 0.321. The van der Waals surface area contributed by atoms with Crippen molar-refractivity contribution in [2.24, 2.45) is 13.0 Å². The van der Waals surface area contributed by atoms with Crippen molar-refractivity contribution in [1.82, 2.24) is 29.5 Å². The van der Waals surface area contributed by atoms with Crippen LogP contribution >= 0.6 is 0 Å². The van der Waals surface area contributed by atoms with E-state index in [0.29, 0.717) is 53.6 Å². The van der Waals surface area contributed by atoms with E-state index < -0.39 is 24.5 Å². The van der Waals surface area contributed by atoms with Crippen LogP contribution < -0.4 is 0 Å². The van der Waals surface area contributed by atoms with Crippen LogP contribution in [0.3, 0.4) is 0 Å². The number of fused-ring (bicyclic) bond motifs is 3. The third-order valence-corrected chi connectivity index (χ3v) is 7.27.